The van der Waals surface area contributed by atoms with Gasteiger partial charge in [0.2, 0.25) is 0 Å². The second kappa shape index (κ2) is 8.44. The van der Waals surface area contributed by atoms with Crippen LogP contribution in [0, 0.1) is 0 Å². The fourth-order valence-electron chi connectivity index (χ4n) is 2.54. The van der Waals surface area contributed by atoms with Crippen molar-refractivity contribution in [2.45, 2.75) is 29.0 Å². The Labute approximate surface area is 160 Å². The van der Waals surface area contributed by atoms with E-state index >= 15 is 0 Å². The lowest BCUT2D eigenvalue weighted by atomic mass is 9.93. The van der Waals surface area contributed by atoms with Crippen molar-refractivity contribution in [3.8, 4) is 11.1 Å². The van der Waals surface area contributed by atoms with E-state index in [2.05, 4.69) is 58.4 Å². The third kappa shape index (κ3) is 4.30. The Morgan fingerprint density at radius 2 is 2.04 bits per heavy atom. The normalized spacial score (nSPS) is 10.9. The number of carbonyl (C=O) groups excluding carboxylic acids is 1. The van der Waals surface area contributed by atoms with Crippen LogP contribution in [0.5, 0.6) is 0 Å². The first-order valence-corrected chi connectivity index (χ1v) is 9.73. The molecule has 2 aromatic heterocycles. The number of hydrogen-bond donors (Lipinski definition) is 1. The van der Waals surface area contributed by atoms with Gasteiger partial charge >= 0.3 is 0 Å². The first kappa shape index (κ1) is 18.6. The number of aromatic nitrogens is 2. The van der Waals surface area contributed by atoms with Crippen LogP contribution in [-0.2, 0) is 4.84 Å². The van der Waals surface area contributed by atoms with Crippen LogP contribution in [0.4, 0.5) is 0 Å². The van der Waals surface area contributed by atoms with Crippen molar-refractivity contribution in [3.05, 3.63) is 59.4 Å². The molecule has 0 radical (unpaired) electrons. The molecule has 26 heavy (non-hydrogen) atoms. The minimum atomic E-state index is -0.297. The van der Waals surface area contributed by atoms with Crippen molar-refractivity contribution in [1.82, 2.24) is 15.4 Å². The molecule has 2 heterocycles. The predicted molar refractivity (Wildman–Crippen MR) is 104 cm³/mol. The van der Waals surface area contributed by atoms with Crippen molar-refractivity contribution in [2.75, 3.05) is 7.11 Å². The van der Waals surface area contributed by atoms with E-state index < -0.39 is 0 Å². The van der Waals surface area contributed by atoms with Crippen LogP contribution < -0.4 is 5.48 Å². The van der Waals surface area contributed by atoms with E-state index in [9.17, 15) is 4.79 Å². The van der Waals surface area contributed by atoms with Gasteiger partial charge in [0.05, 0.1) is 13.3 Å². The number of nitrogens with zero attached hydrogens (tertiary/aromatic N) is 2. The Morgan fingerprint density at radius 3 is 2.81 bits per heavy atom. The Balaban J connectivity index is 1.84. The average Bonchev–Trinajstić information content (AvgIpc) is 3.11. The van der Waals surface area contributed by atoms with Crippen LogP contribution in [-0.4, -0.2) is 23.0 Å². The van der Waals surface area contributed by atoms with Crippen LogP contribution in [0.1, 0.15) is 35.0 Å². The van der Waals surface area contributed by atoms with Crippen LogP contribution in [0.2, 0.25) is 0 Å². The van der Waals surface area contributed by atoms with Crippen LogP contribution >= 0.6 is 23.1 Å². The lowest BCUT2D eigenvalue weighted by molar-refractivity contribution is 0.0542. The predicted octanol–water partition coefficient (Wildman–Crippen LogP) is 4.77. The molecule has 0 atom stereocenters. The number of hydroxylamine groups is 1. The number of thiazole rings is 1. The summed E-state index contributed by atoms with van der Waals surface area (Å²) in [6.07, 6.45) is 5.24. The van der Waals surface area contributed by atoms with E-state index in [0.29, 0.717) is 10.8 Å². The number of pyridine rings is 1. The molecule has 0 bridgehead atoms. The highest BCUT2D eigenvalue weighted by molar-refractivity contribution is 8.01. The Morgan fingerprint density at radius 1 is 1.23 bits per heavy atom. The molecule has 0 aliphatic rings. The van der Waals surface area contributed by atoms with Crippen molar-refractivity contribution >= 4 is 29.0 Å². The second-order valence-electron chi connectivity index (χ2n) is 5.88. The van der Waals surface area contributed by atoms with Gasteiger partial charge in [-0.05, 0) is 23.1 Å². The molecule has 0 unspecified atom stereocenters. The molecular weight excluding hydrogens is 366 g/mol. The molecule has 134 valence electrons. The van der Waals surface area contributed by atoms with Crippen LogP contribution in [0.3, 0.4) is 0 Å². The summed E-state index contributed by atoms with van der Waals surface area (Å²) in [6.45, 7) is 4.38. The van der Waals surface area contributed by atoms with Gasteiger partial charge in [-0.25, -0.2) is 10.5 Å². The Bertz CT molecular complexity index is 909. The van der Waals surface area contributed by atoms with Gasteiger partial charge in [0.25, 0.3) is 5.91 Å². The number of nitrogens with one attached hydrogen (secondary N) is 1. The summed E-state index contributed by atoms with van der Waals surface area (Å²) in [5.41, 5.74) is 5.86. The summed E-state index contributed by atoms with van der Waals surface area (Å²) in [7, 11) is 1.40. The fraction of sp³-hybridized carbons (Fsp3) is 0.211. The molecule has 5 nitrogen and oxygen atoms in total. The molecular formula is C19H19N3O2S2. The molecule has 0 spiro atoms. The summed E-state index contributed by atoms with van der Waals surface area (Å²) in [5.74, 6) is 0.137. The maximum atomic E-state index is 11.8. The van der Waals surface area contributed by atoms with Crippen molar-refractivity contribution in [1.29, 1.82) is 0 Å². The quantitative estimate of drug-likeness (QED) is 0.619. The van der Waals surface area contributed by atoms with Gasteiger partial charge in [0, 0.05) is 22.9 Å². The number of carbonyl (C=O) groups is 1. The molecule has 0 fully saturated rings. The summed E-state index contributed by atoms with van der Waals surface area (Å²) in [4.78, 5) is 26.6. The maximum Gasteiger partial charge on any atom is 0.286 e. The third-order valence-electron chi connectivity index (χ3n) is 3.72. The molecule has 0 aliphatic heterocycles. The third-order valence-corrected chi connectivity index (χ3v) is 5.74. The largest absolute Gasteiger partial charge is 0.286 e. The van der Waals surface area contributed by atoms with Crippen LogP contribution in [0.15, 0.2) is 58.2 Å². The molecule has 0 saturated heterocycles. The summed E-state index contributed by atoms with van der Waals surface area (Å²) >= 11 is 2.81. The second-order valence-corrected chi connectivity index (χ2v) is 8.23. The lowest BCUT2D eigenvalue weighted by Gasteiger charge is -2.13. The molecule has 1 N–H and O–H groups in total. The van der Waals surface area contributed by atoms with E-state index in [4.69, 9.17) is 0 Å². The number of hydrogen-bond acceptors (Lipinski definition) is 6. The van der Waals surface area contributed by atoms with E-state index in [1.807, 2.05) is 18.5 Å². The molecule has 3 rings (SSSR count). The highest BCUT2D eigenvalue weighted by Crippen LogP contribution is 2.34. The summed E-state index contributed by atoms with van der Waals surface area (Å²) in [6, 6.07) is 10.5. The van der Waals surface area contributed by atoms with Gasteiger partial charge in [0.1, 0.15) is 4.88 Å². The monoisotopic (exact) mass is 385 g/mol. The van der Waals surface area contributed by atoms with Crippen LogP contribution in [0.25, 0.3) is 11.1 Å². The molecule has 1 aromatic carbocycles. The SMILES string of the molecule is CONC(=O)c1cnc(Sc2cncc(-c3ccccc3C(C)C)c2)s1. The first-order chi connectivity index (χ1) is 12.6. The molecule has 7 heteroatoms. The highest BCUT2D eigenvalue weighted by atomic mass is 32.2. The zero-order valence-corrected chi connectivity index (χ0v) is 16.4. The maximum absolute atomic E-state index is 11.8. The fourth-order valence-corrected chi connectivity index (χ4v) is 4.40. The number of rotatable bonds is 6. The number of benzene rings is 1. The Kier molecular flexibility index (Phi) is 6.03. The minimum Gasteiger partial charge on any atom is -0.277 e. The summed E-state index contributed by atoms with van der Waals surface area (Å²) in [5, 5.41) is 0. The first-order valence-electron chi connectivity index (χ1n) is 8.10. The molecule has 0 aliphatic carbocycles. The van der Waals surface area contributed by atoms with Gasteiger partial charge in [-0.15, -0.1) is 11.3 Å². The molecule has 3 aromatic rings. The van der Waals surface area contributed by atoms with E-state index in [-0.39, 0.29) is 5.91 Å². The summed E-state index contributed by atoms with van der Waals surface area (Å²) < 4.78 is 0.780. The van der Waals surface area contributed by atoms with Crippen molar-refractivity contribution in [2.24, 2.45) is 0 Å². The van der Waals surface area contributed by atoms with Gasteiger partial charge in [-0.2, -0.15) is 0 Å². The smallest absolute Gasteiger partial charge is 0.277 e. The van der Waals surface area contributed by atoms with Gasteiger partial charge in [-0.3, -0.25) is 14.6 Å². The topological polar surface area (TPSA) is 64.1 Å². The van der Waals surface area contributed by atoms with Gasteiger partial charge < -0.3 is 0 Å². The molecule has 1 amide bonds. The van der Waals surface area contributed by atoms with E-state index in [1.54, 1.807) is 6.20 Å². The van der Waals surface area contributed by atoms with Gasteiger partial charge in [0.15, 0.2) is 4.34 Å². The van der Waals surface area contributed by atoms with Crippen molar-refractivity contribution in [3.63, 3.8) is 0 Å². The standard InChI is InChI=1S/C19H19N3O2S2/c1-12(2)15-6-4-5-7-16(15)13-8-14(10-20-9-13)25-19-21-11-17(26-19)18(23)22-24-3/h4-12H,1-3H3,(H,22,23). The average molecular weight is 386 g/mol. The zero-order valence-electron chi connectivity index (χ0n) is 14.7. The molecule has 0 saturated carbocycles. The zero-order chi connectivity index (χ0) is 18.5. The van der Waals surface area contributed by atoms with Gasteiger partial charge in [-0.1, -0.05) is 49.9 Å². The van der Waals surface area contributed by atoms with E-state index in [1.165, 1.54) is 41.3 Å². The van der Waals surface area contributed by atoms with Crippen molar-refractivity contribution < 1.29 is 9.63 Å². The lowest BCUT2D eigenvalue weighted by Crippen LogP contribution is -2.20. The number of amides is 1. The van der Waals surface area contributed by atoms with E-state index in [0.717, 1.165) is 14.8 Å². The Hall–Kier alpha value is -2.22. The minimum absolute atomic E-state index is 0.297. The highest BCUT2D eigenvalue weighted by Gasteiger charge is 2.13.